The maximum atomic E-state index is 12.1. The van der Waals surface area contributed by atoms with Gasteiger partial charge in [-0.3, -0.25) is 4.99 Å². The van der Waals surface area contributed by atoms with Gasteiger partial charge in [-0.25, -0.2) is 0 Å². The van der Waals surface area contributed by atoms with Gasteiger partial charge in [-0.05, 0) is 31.6 Å². The minimum atomic E-state index is -4.12. The molecule has 0 atom stereocenters. The van der Waals surface area contributed by atoms with Gasteiger partial charge >= 0.3 is 6.18 Å². The van der Waals surface area contributed by atoms with Crippen molar-refractivity contribution in [2.75, 3.05) is 13.6 Å². The molecule has 0 unspecified atom stereocenters. The van der Waals surface area contributed by atoms with Crippen LogP contribution in [-0.2, 0) is 0 Å². The number of hydrogen-bond acceptors (Lipinski definition) is 1. The van der Waals surface area contributed by atoms with Crippen LogP contribution in [0, 0.1) is 5.92 Å². The molecule has 0 spiro atoms. The van der Waals surface area contributed by atoms with E-state index in [1.54, 1.807) is 7.05 Å². The summed E-state index contributed by atoms with van der Waals surface area (Å²) < 4.78 is 36.3. The molecule has 21 heavy (non-hydrogen) atoms. The van der Waals surface area contributed by atoms with Crippen molar-refractivity contribution in [1.29, 1.82) is 0 Å². The smallest absolute Gasteiger partial charge is 0.356 e. The van der Waals surface area contributed by atoms with Crippen LogP contribution < -0.4 is 10.6 Å². The average Bonchev–Trinajstić information content (AvgIpc) is 2.38. The third kappa shape index (κ3) is 9.42. The van der Waals surface area contributed by atoms with Crippen LogP contribution >= 0.6 is 24.0 Å². The second kappa shape index (κ2) is 10.5. The molecule has 0 aromatic rings. The highest BCUT2D eigenvalue weighted by Crippen LogP contribution is 2.27. The second-order valence-corrected chi connectivity index (χ2v) is 5.51. The number of alkyl halides is 3. The first-order valence-electron chi connectivity index (χ1n) is 7.48. The third-order valence-corrected chi connectivity index (χ3v) is 3.81. The highest BCUT2D eigenvalue weighted by atomic mass is 127. The van der Waals surface area contributed by atoms with Crippen LogP contribution in [0.3, 0.4) is 0 Å². The number of nitrogens with one attached hydrogen (secondary N) is 2. The normalized spacial score (nSPS) is 23.4. The molecule has 0 aromatic heterocycles. The molecule has 7 heteroatoms. The van der Waals surface area contributed by atoms with Crippen molar-refractivity contribution < 1.29 is 13.2 Å². The maximum absolute atomic E-state index is 12.1. The molecule has 2 N–H and O–H groups in total. The van der Waals surface area contributed by atoms with Crippen LogP contribution in [0.25, 0.3) is 0 Å². The first-order chi connectivity index (χ1) is 9.44. The topological polar surface area (TPSA) is 36.4 Å². The lowest BCUT2D eigenvalue weighted by Crippen LogP contribution is -2.45. The van der Waals surface area contributed by atoms with Gasteiger partial charge in [0.2, 0.25) is 0 Å². The molecule has 0 aliphatic heterocycles. The first-order valence-corrected chi connectivity index (χ1v) is 7.48. The van der Waals surface area contributed by atoms with Crippen molar-refractivity contribution in [3.05, 3.63) is 0 Å². The van der Waals surface area contributed by atoms with Crippen molar-refractivity contribution in [2.45, 2.75) is 64.1 Å². The molecule has 0 heterocycles. The Bertz CT molecular complexity index is 300. The summed E-state index contributed by atoms with van der Waals surface area (Å²) in [5.74, 6) is 1.30. The van der Waals surface area contributed by atoms with Gasteiger partial charge in [0.15, 0.2) is 5.96 Å². The fraction of sp³-hybridized carbons (Fsp3) is 0.929. The zero-order chi connectivity index (χ0) is 15.0. The van der Waals surface area contributed by atoms with Gasteiger partial charge in [-0.15, -0.1) is 24.0 Å². The fourth-order valence-corrected chi connectivity index (χ4v) is 2.71. The molecule has 0 saturated heterocycles. The van der Waals surface area contributed by atoms with E-state index in [1.807, 2.05) is 0 Å². The first kappa shape index (κ1) is 20.8. The van der Waals surface area contributed by atoms with Crippen LogP contribution in [0.5, 0.6) is 0 Å². The van der Waals surface area contributed by atoms with Crippen molar-refractivity contribution in [3.63, 3.8) is 0 Å². The molecule has 0 aromatic carbocycles. The van der Waals surface area contributed by atoms with Gasteiger partial charge in [0.1, 0.15) is 0 Å². The van der Waals surface area contributed by atoms with Crippen molar-refractivity contribution >= 4 is 29.9 Å². The summed E-state index contributed by atoms with van der Waals surface area (Å²) in [6, 6.07) is 0.334. The van der Waals surface area contributed by atoms with Crippen molar-refractivity contribution in [3.8, 4) is 0 Å². The summed E-state index contributed by atoms with van der Waals surface area (Å²) in [4.78, 5) is 3.98. The largest absolute Gasteiger partial charge is 0.390 e. The van der Waals surface area contributed by atoms with E-state index in [-0.39, 0.29) is 30.5 Å². The van der Waals surface area contributed by atoms with Gasteiger partial charge in [-0.2, -0.15) is 13.2 Å². The Morgan fingerprint density at radius 3 is 2.29 bits per heavy atom. The van der Waals surface area contributed by atoms with Gasteiger partial charge < -0.3 is 10.6 Å². The van der Waals surface area contributed by atoms with Gasteiger partial charge in [0.25, 0.3) is 0 Å². The monoisotopic (exact) mass is 421 g/mol. The molecule has 3 nitrogen and oxygen atoms in total. The van der Waals surface area contributed by atoms with E-state index in [1.165, 1.54) is 25.7 Å². The van der Waals surface area contributed by atoms with Gasteiger partial charge in [0.05, 0.1) is 6.42 Å². The minimum Gasteiger partial charge on any atom is -0.356 e. The molecule has 1 aliphatic carbocycles. The Kier molecular flexibility index (Phi) is 10.4. The summed E-state index contributed by atoms with van der Waals surface area (Å²) in [5, 5.41) is 5.95. The molecular weight excluding hydrogens is 394 g/mol. The number of hydrogen-bond donors (Lipinski definition) is 2. The predicted octanol–water partition coefficient (Wildman–Crippen LogP) is 4.08. The second-order valence-electron chi connectivity index (χ2n) is 5.51. The Hall–Kier alpha value is -0.210. The summed E-state index contributed by atoms with van der Waals surface area (Å²) in [6.07, 6.45) is 2.10. The maximum Gasteiger partial charge on any atom is 0.390 e. The Morgan fingerprint density at radius 2 is 1.81 bits per heavy atom. The molecule has 1 aliphatic rings. The fourth-order valence-electron chi connectivity index (χ4n) is 2.71. The molecule has 1 fully saturated rings. The number of nitrogens with zero attached hydrogens (tertiary/aromatic N) is 1. The zero-order valence-electron chi connectivity index (χ0n) is 12.8. The van der Waals surface area contributed by atoms with Crippen LogP contribution in [-0.4, -0.2) is 31.8 Å². The number of halogens is 4. The zero-order valence-corrected chi connectivity index (χ0v) is 15.1. The van der Waals surface area contributed by atoms with Crippen molar-refractivity contribution in [1.82, 2.24) is 10.6 Å². The lowest BCUT2D eigenvalue weighted by atomic mass is 9.83. The van der Waals surface area contributed by atoms with Crippen LogP contribution in [0.15, 0.2) is 4.99 Å². The van der Waals surface area contributed by atoms with Crippen LogP contribution in [0.1, 0.15) is 51.9 Å². The highest BCUT2D eigenvalue weighted by molar-refractivity contribution is 14.0. The molecule has 1 saturated carbocycles. The van der Waals surface area contributed by atoms with E-state index in [0.29, 0.717) is 12.0 Å². The Morgan fingerprint density at radius 1 is 1.19 bits per heavy atom. The van der Waals surface area contributed by atoms with Gasteiger partial charge in [0, 0.05) is 19.6 Å². The summed E-state index contributed by atoms with van der Waals surface area (Å²) in [7, 11) is 1.59. The summed E-state index contributed by atoms with van der Waals surface area (Å²) in [5.41, 5.74) is 0. The Labute approximate surface area is 142 Å². The van der Waals surface area contributed by atoms with E-state index >= 15 is 0 Å². The summed E-state index contributed by atoms with van der Waals surface area (Å²) >= 11 is 0. The van der Waals surface area contributed by atoms with E-state index in [0.717, 1.165) is 18.8 Å². The SMILES string of the molecule is CCCC1CCC(NC(=NC)NCCC(F)(F)F)CC1.I. The molecule has 0 amide bonds. The van der Waals surface area contributed by atoms with E-state index < -0.39 is 12.6 Å². The highest BCUT2D eigenvalue weighted by Gasteiger charge is 2.26. The molecule has 0 bridgehead atoms. The predicted molar refractivity (Wildman–Crippen MR) is 91.2 cm³/mol. The molecule has 1 rings (SSSR count). The average molecular weight is 421 g/mol. The standard InChI is InChI=1S/C14H26F3N3.HI/c1-3-4-11-5-7-12(8-6-11)20-13(18-2)19-10-9-14(15,16)17;/h11-12H,3-10H2,1-2H3,(H2,18,19,20);1H. The molecule has 0 radical (unpaired) electrons. The molecule has 126 valence electrons. The van der Waals surface area contributed by atoms with E-state index in [9.17, 15) is 13.2 Å². The van der Waals surface area contributed by atoms with Gasteiger partial charge in [-0.1, -0.05) is 19.8 Å². The van der Waals surface area contributed by atoms with E-state index in [2.05, 4.69) is 22.5 Å². The Balaban J connectivity index is 0.00000400. The summed E-state index contributed by atoms with van der Waals surface area (Å²) in [6.45, 7) is 2.07. The third-order valence-electron chi connectivity index (χ3n) is 3.81. The van der Waals surface area contributed by atoms with Crippen LogP contribution in [0.4, 0.5) is 13.2 Å². The van der Waals surface area contributed by atoms with Crippen molar-refractivity contribution in [2.24, 2.45) is 10.9 Å². The number of guanidine groups is 1. The number of rotatable bonds is 5. The lowest BCUT2D eigenvalue weighted by Gasteiger charge is -2.30. The minimum absolute atomic E-state index is 0. The van der Waals surface area contributed by atoms with Crippen LogP contribution in [0.2, 0.25) is 0 Å². The quantitative estimate of drug-likeness (QED) is 0.399. The lowest BCUT2D eigenvalue weighted by molar-refractivity contribution is -0.132. The number of aliphatic imine (C=N–C) groups is 1. The van der Waals surface area contributed by atoms with E-state index in [4.69, 9.17) is 0 Å². The molecular formula is C14H27F3IN3.